The fraction of sp³-hybridized carbons (Fsp3) is 0.235. The van der Waals surface area contributed by atoms with Crippen LogP contribution < -0.4 is 0 Å². The van der Waals surface area contributed by atoms with Crippen LogP contribution in [0.1, 0.15) is 16.7 Å². The van der Waals surface area contributed by atoms with Crippen LogP contribution in [0.5, 0.6) is 0 Å². The van der Waals surface area contributed by atoms with Crippen LogP contribution in [0.2, 0.25) is 0 Å². The highest BCUT2D eigenvalue weighted by Crippen LogP contribution is 2.25. The quantitative estimate of drug-likeness (QED) is 0.568. The molecule has 4 aromatic rings. The third kappa shape index (κ3) is 2.08. The van der Waals surface area contributed by atoms with Gasteiger partial charge in [0.25, 0.3) is 0 Å². The normalized spacial score (nSPS) is 11.7. The van der Waals surface area contributed by atoms with Crippen molar-refractivity contribution in [2.45, 2.75) is 20.4 Å². The highest BCUT2D eigenvalue weighted by molar-refractivity contribution is 5.81. The third-order valence-electron chi connectivity index (χ3n) is 4.35. The molecule has 0 saturated carbocycles. The van der Waals surface area contributed by atoms with Gasteiger partial charge in [0.1, 0.15) is 17.2 Å². The van der Waals surface area contributed by atoms with Gasteiger partial charge >= 0.3 is 0 Å². The Kier molecular flexibility index (Phi) is 3.13. The van der Waals surface area contributed by atoms with E-state index in [4.69, 9.17) is 0 Å². The summed E-state index contributed by atoms with van der Waals surface area (Å²) in [6.45, 7) is 3.61. The fourth-order valence-electron chi connectivity index (χ4n) is 2.97. The molecule has 2 aromatic carbocycles. The average molecular weight is 327 g/mol. The standard InChI is InChI=1S/C17H15F2N5/c1-9-4-14-11(6-13(9)18)7-20-24(14)8-12-16(19)10(2)5-15-17(12)21-22-23(15)3/h4-7H,8H2,1-3H3. The van der Waals surface area contributed by atoms with Gasteiger partial charge in [0.15, 0.2) is 0 Å². The van der Waals surface area contributed by atoms with E-state index in [0.29, 0.717) is 27.6 Å². The monoisotopic (exact) mass is 327 g/mol. The molecule has 5 nitrogen and oxygen atoms in total. The summed E-state index contributed by atoms with van der Waals surface area (Å²) in [5.74, 6) is -0.592. The Bertz CT molecular complexity index is 1090. The smallest absolute Gasteiger partial charge is 0.133 e. The lowest BCUT2D eigenvalue weighted by molar-refractivity contribution is 0.585. The second-order valence-corrected chi connectivity index (χ2v) is 6.03. The maximum absolute atomic E-state index is 14.7. The molecule has 0 bridgehead atoms. The summed E-state index contributed by atoms with van der Waals surface area (Å²) in [6, 6.07) is 4.90. The van der Waals surface area contributed by atoms with E-state index in [2.05, 4.69) is 15.4 Å². The topological polar surface area (TPSA) is 48.5 Å². The summed E-state index contributed by atoms with van der Waals surface area (Å²) in [4.78, 5) is 0. The van der Waals surface area contributed by atoms with Crippen LogP contribution in [0.15, 0.2) is 24.4 Å². The Labute approximate surface area is 136 Å². The van der Waals surface area contributed by atoms with Gasteiger partial charge in [-0.2, -0.15) is 5.10 Å². The number of hydrogen-bond donors (Lipinski definition) is 0. The molecule has 0 fully saturated rings. The molecule has 2 heterocycles. The Morgan fingerprint density at radius 2 is 1.79 bits per heavy atom. The number of rotatable bonds is 2. The molecule has 0 radical (unpaired) electrons. The van der Waals surface area contributed by atoms with Crippen LogP contribution in [0.25, 0.3) is 21.9 Å². The molecule has 2 aromatic heterocycles. The molecule has 0 N–H and O–H groups in total. The van der Waals surface area contributed by atoms with Crippen molar-refractivity contribution in [1.29, 1.82) is 0 Å². The van der Waals surface area contributed by atoms with Crippen LogP contribution in [-0.4, -0.2) is 24.8 Å². The van der Waals surface area contributed by atoms with E-state index in [1.54, 1.807) is 48.6 Å². The second-order valence-electron chi connectivity index (χ2n) is 6.03. The Hall–Kier alpha value is -2.83. The van der Waals surface area contributed by atoms with Crippen molar-refractivity contribution < 1.29 is 8.78 Å². The molecule has 0 atom stereocenters. The van der Waals surface area contributed by atoms with Gasteiger partial charge in [-0.1, -0.05) is 5.21 Å². The van der Waals surface area contributed by atoms with Gasteiger partial charge in [0, 0.05) is 18.0 Å². The Morgan fingerprint density at radius 1 is 1.04 bits per heavy atom. The third-order valence-corrected chi connectivity index (χ3v) is 4.35. The average Bonchev–Trinajstić information content (AvgIpc) is 3.09. The van der Waals surface area contributed by atoms with E-state index in [-0.39, 0.29) is 18.2 Å². The molecule has 7 heteroatoms. The number of hydrogen-bond acceptors (Lipinski definition) is 3. The van der Waals surface area contributed by atoms with Gasteiger partial charge < -0.3 is 0 Å². The number of nitrogens with zero attached hydrogens (tertiary/aromatic N) is 5. The minimum atomic E-state index is -0.314. The SMILES string of the molecule is Cc1cc2c(cnn2Cc2c(F)c(C)cc3c2nnn3C)cc1F. The van der Waals surface area contributed by atoms with E-state index in [1.165, 1.54) is 6.07 Å². The first-order valence-corrected chi connectivity index (χ1v) is 7.54. The lowest BCUT2D eigenvalue weighted by Crippen LogP contribution is -2.06. The molecule has 0 aliphatic carbocycles. The molecule has 0 spiro atoms. The summed E-state index contributed by atoms with van der Waals surface area (Å²) in [5.41, 5.74) is 3.53. The van der Waals surface area contributed by atoms with Gasteiger partial charge in [-0.25, -0.2) is 13.5 Å². The summed E-state index contributed by atoms with van der Waals surface area (Å²) >= 11 is 0. The second kappa shape index (κ2) is 5.09. The summed E-state index contributed by atoms with van der Waals surface area (Å²) in [5, 5.41) is 13.0. The van der Waals surface area contributed by atoms with Crippen LogP contribution in [0.3, 0.4) is 0 Å². The van der Waals surface area contributed by atoms with Crippen molar-refractivity contribution in [2.24, 2.45) is 7.05 Å². The first-order chi connectivity index (χ1) is 11.5. The summed E-state index contributed by atoms with van der Waals surface area (Å²) in [6.07, 6.45) is 1.58. The van der Waals surface area contributed by atoms with E-state index in [1.807, 2.05) is 0 Å². The van der Waals surface area contributed by atoms with Gasteiger partial charge in [-0.05, 0) is 43.2 Å². The molecule has 0 amide bonds. The number of benzene rings is 2. The molecule has 0 aliphatic rings. The van der Waals surface area contributed by atoms with E-state index in [9.17, 15) is 8.78 Å². The molecule has 0 saturated heterocycles. The predicted octanol–water partition coefficient (Wildman–Crippen LogP) is 3.26. The number of aryl methyl sites for hydroxylation is 3. The van der Waals surface area contributed by atoms with Crippen molar-refractivity contribution >= 4 is 21.9 Å². The predicted molar refractivity (Wildman–Crippen MR) is 86.7 cm³/mol. The first-order valence-electron chi connectivity index (χ1n) is 7.54. The minimum absolute atomic E-state index is 0.206. The molecular weight excluding hydrogens is 312 g/mol. The zero-order valence-corrected chi connectivity index (χ0v) is 13.5. The number of halogens is 2. The van der Waals surface area contributed by atoms with E-state index < -0.39 is 0 Å². The first kappa shape index (κ1) is 14.7. The molecule has 0 aliphatic heterocycles. The zero-order chi connectivity index (χ0) is 17.0. The minimum Gasteiger partial charge on any atom is -0.260 e. The molecule has 0 unspecified atom stereocenters. The maximum Gasteiger partial charge on any atom is 0.133 e. The van der Waals surface area contributed by atoms with Crippen molar-refractivity contribution in [3.8, 4) is 0 Å². The van der Waals surface area contributed by atoms with Crippen molar-refractivity contribution in [3.05, 3.63) is 52.7 Å². The number of fused-ring (bicyclic) bond motifs is 2. The fourth-order valence-corrected chi connectivity index (χ4v) is 2.97. The van der Waals surface area contributed by atoms with Crippen LogP contribution in [0, 0.1) is 25.5 Å². The van der Waals surface area contributed by atoms with Gasteiger partial charge in [0.2, 0.25) is 0 Å². The highest BCUT2D eigenvalue weighted by atomic mass is 19.1. The van der Waals surface area contributed by atoms with Gasteiger partial charge in [0.05, 0.1) is 23.8 Å². The largest absolute Gasteiger partial charge is 0.260 e. The molecule has 122 valence electrons. The van der Waals surface area contributed by atoms with Crippen LogP contribution in [-0.2, 0) is 13.6 Å². The zero-order valence-electron chi connectivity index (χ0n) is 13.5. The van der Waals surface area contributed by atoms with Crippen LogP contribution in [0.4, 0.5) is 8.78 Å². The van der Waals surface area contributed by atoms with Crippen molar-refractivity contribution in [1.82, 2.24) is 24.8 Å². The van der Waals surface area contributed by atoms with Gasteiger partial charge in [-0.3, -0.25) is 4.68 Å². The highest BCUT2D eigenvalue weighted by Gasteiger charge is 2.17. The number of aromatic nitrogens is 5. The molecule has 4 rings (SSSR count). The maximum atomic E-state index is 14.7. The lowest BCUT2D eigenvalue weighted by Gasteiger charge is -2.09. The molecule has 24 heavy (non-hydrogen) atoms. The lowest BCUT2D eigenvalue weighted by atomic mass is 10.1. The molecular formula is C17H15F2N5. The summed E-state index contributed by atoms with van der Waals surface area (Å²) in [7, 11) is 1.77. The summed E-state index contributed by atoms with van der Waals surface area (Å²) < 4.78 is 31.7. The van der Waals surface area contributed by atoms with Gasteiger partial charge in [-0.15, -0.1) is 5.10 Å². The van der Waals surface area contributed by atoms with Crippen molar-refractivity contribution in [3.63, 3.8) is 0 Å². The van der Waals surface area contributed by atoms with Crippen molar-refractivity contribution in [2.75, 3.05) is 0 Å². The van der Waals surface area contributed by atoms with E-state index in [0.717, 1.165) is 11.0 Å². The Morgan fingerprint density at radius 3 is 2.58 bits per heavy atom. The van der Waals surface area contributed by atoms with E-state index >= 15 is 0 Å². The van der Waals surface area contributed by atoms with Crippen LogP contribution >= 0.6 is 0 Å². The Balaban J connectivity index is 1.91.